The Morgan fingerprint density at radius 1 is 1.32 bits per heavy atom. The molecule has 10 heteroatoms. The van der Waals surface area contributed by atoms with Gasteiger partial charge in [-0.25, -0.2) is 0 Å². The topological polar surface area (TPSA) is 101 Å². The lowest BCUT2D eigenvalue weighted by Gasteiger charge is -2.13. The van der Waals surface area contributed by atoms with Crippen LogP contribution in [0.1, 0.15) is 17.7 Å². The lowest BCUT2D eigenvalue weighted by atomic mass is 10.2. The second kappa shape index (κ2) is 8.63. The Bertz CT molecular complexity index is 999. The van der Waals surface area contributed by atoms with E-state index in [4.69, 9.17) is 17.3 Å². The van der Waals surface area contributed by atoms with Gasteiger partial charge in [-0.05, 0) is 30.2 Å². The van der Waals surface area contributed by atoms with Crippen LogP contribution in [0.2, 0.25) is 0 Å². The van der Waals surface area contributed by atoms with Gasteiger partial charge in [0, 0.05) is 34.9 Å². The van der Waals surface area contributed by atoms with Crippen molar-refractivity contribution < 1.29 is 19.6 Å². The highest BCUT2D eigenvalue weighted by molar-refractivity contribution is 8.26. The van der Waals surface area contributed by atoms with Gasteiger partial charge in [-0.2, -0.15) is 0 Å². The van der Waals surface area contributed by atoms with E-state index in [2.05, 4.69) is 0 Å². The number of nitro groups is 1. The zero-order valence-electron chi connectivity index (χ0n) is 14.4. The van der Waals surface area contributed by atoms with Gasteiger partial charge in [-0.15, -0.1) is 11.3 Å². The summed E-state index contributed by atoms with van der Waals surface area (Å²) in [6.45, 7) is 0.275. The van der Waals surface area contributed by atoms with Crippen molar-refractivity contribution in [1.82, 2.24) is 4.90 Å². The number of non-ortho nitro benzene ring substituents is 1. The van der Waals surface area contributed by atoms with Crippen molar-refractivity contribution in [2.75, 3.05) is 6.54 Å². The van der Waals surface area contributed by atoms with Gasteiger partial charge in [-0.3, -0.25) is 24.6 Å². The third-order valence-electron chi connectivity index (χ3n) is 3.89. The smallest absolute Gasteiger partial charge is 0.303 e. The zero-order valence-corrected chi connectivity index (χ0v) is 16.8. The fraction of sp³-hybridized carbons (Fsp3) is 0.167. The van der Waals surface area contributed by atoms with Gasteiger partial charge in [-0.1, -0.05) is 36.1 Å². The first-order valence-electron chi connectivity index (χ1n) is 8.17. The molecule has 2 heterocycles. The average molecular weight is 435 g/mol. The molecule has 1 aromatic heterocycles. The lowest BCUT2D eigenvalue weighted by molar-refractivity contribution is -0.384. The van der Waals surface area contributed by atoms with E-state index in [9.17, 15) is 19.7 Å². The van der Waals surface area contributed by atoms with Gasteiger partial charge in [0.1, 0.15) is 4.32 Å². The Morgan fingerprint density at radius 3 is 2.82 bits per heavy atom. The number of carboxylic acids is 1. The molecule has 28 heavy (non-hydrogen) atoms. The summed E-state index contributed by atoms with van der Waals surface area (Å²) in [4.78, 5) is 37.2. The molecule has 0 unspecified atom stereocenters. The van der Waals surface area contributed by atoms with Crippen LogP contribution in [-0.2, 0) is 9.59 Å². The lowest BCUT2D eigenvalue weighted by Crippen LogP contribution is -2.29. The van der Waals surface area contributed by atoms with Crippen LogP contribution in [0, 0.1) is 10.1 Å². The Labute approximate surface area is 173 Å². The molecular formula is C18H14N2O5S3. The largest absolute Gasteiger partial charge is 0.481 e. The Morgan fingerprint density at radius 2 is 2.11 bits per heavy atom. The van der Waals surface area contributed by atoms with Crippen molar-refractivity contribution in [2.24, 2.45) is 0 Å². The van der Waals surface area contributed by atoms with Crippen LogP contribution in [0.5, 0.6) is 0 Å². The summed E-state index contributed by atoms with van der Waals surface area (Å²) in [6.07, 6.45) is 2.06. The number of thioether (sulfide) groups is 1. The van der Waals surface area contributed by atoms with E-state index in [1.165, 1.54) is 40.1 Å². The Balaban J connectivity index is 1.75. The third-order valence-corrected chi connectivity index (χ3v) is 6.35. The molecule has 0 aliphatic carbocycles. The zero-order chi connectivity index (χ0) is 20.3. The highest BCUT2D eigenvalue weighted by atomic mass is 32.2. The van der Waals surface area contributed by atoms with E-state index in [1.807, 2.05) is 12.1 Å². The molecule has 0 radical (unpaired) electrons. The first-order valence-corrected chi connectivity index (χ1v) is 10.2. The van der Waals surface area contributed by atoms with E-state index < -0.39 is 10.9 Å². The first-order chi connectivity index (χ1) is 13.3. The number of aliphatic carboxylic acids is 1. The molecule has 144 valence electrons. The normalized spacial score (nSPS) is 15.4. The second-order valence-electron chi connectivity index (χ2n) is 5.84. The fourth-order valence-corrected chi connectivity index (χ4v) is 4.89. The maximum absolute atomic E-state index is 12.5. The molecule has 1 aliphatic rings. The number of benzene rings is 1. The number of hydrogen-bond acceptors (Lipinski definition) is 7. The van der Waals surface area contributed by atoms with E-state index in [1.54, 1.807) is 18.2 Å². The van der Waals surface area contributed by atoms with E-state index in [-0.39, 0.29) is 24.6 Å². The van der Waals surface area contributed by atoms with Crippen LogP contribution in [0.3, 0.4) is 0 Å². The molecule has 1 aromatic carbocycles. The van der Waals surface area contributed by atoms with Gasteiger partial charge in [0.25, 0.3) is 11.6 Å². The minimum atomic E-state index is -0.909. The minimum absolute atomic E-state index is 0.0202. The van der Waals surface area contributed by atoms with E-state index in [0.29, 0.717) is 15.6 Å². The number of rotatable bonds is 7. The Kier molecular flexibility index (Phi) is 6.22. The summed E-state index contributed by atoms with van der Waals surface area (Å²) >= 11 is 7.83. The molecule has 2 aromatic rings. The molecule has 1 amide bonds. The maximum atomic E-state index is 12.5. The molecule has 3 rings (SSSR count). The van der Waals surface area contributed by atoms with Gasteiger partial charge in [0.15, 0.2) is 0 Å². The number of amides is 1. The summed E-state index contributed by atoms with van der Waals surface area (Å²) in [5.74, 6) is -1.14. The maximum Gasteiger partial charge on any atom is 0.303 e. The number of thiophene rings is 1. The minimum Gasteiger partial charge on any atom is -0.481 e. The predicted octanol–water partition coefficient (Wildman–Crippen LogP) is 4.39. The van der Waals surface area contributed by atoms with Crippen LogP contribution in [-0.4, -0.2) is 37.7 Å². The summed E-state index contributed by atoms with van der Waals surface area (Å²) in [6, 6.07) is 10.1. The van der Waals surface area contributed by atoms with Crippen LogP contribution < -0.4 is 0 Å². The summed E-state index contributed by atoms with van der Waals surface area (Å²) in [5, 5.41) is 19.7. The average Bonchev–Trinajstić information content (AvgIpc) is 3.22. The van der Waals surface area contributed by atoms with Crippen molar-refractivity contribution in [3.63, 3.8) is 0 Å². The monoisotopic (exact) mass is 434 g/mol. The quantitative estimate of drug-likeness (QED) is 0.298. The molecule has 0 saturated carbocycles. The van der Waals surface area contributed by atoms with Crippen LogP contribution >= 0.6 is 35.3 Å². The molecule has 1 N–H and O–H groups in total. The fourth-order valence-electron chi connectivity index (χ4n) is 2.57. The summed E-state index contributed by atoms with van der Waals surface area (Å²) in [7, 11) is 0. The van der Waals surface area contributed by atoms with Crippen molar-refractivity contribution in [1.29, 1.82) is 0 Å². The highest BCUT2D eigenvalue weighted by Crippen LogP contribution is 2.36. The van der Waals surface area contributed by atoms with Gasteiger partial charge in [0.2, 0.25) is 0 Å². The number of carbonyl (C=O) groups is 2. The number of thiocarbonyl (C=S) groups is 1. The predicted molar refractivity (Wildman–Crippen MR) is 113 cm³/mol. The van der Waals surface area contributed by atoms with Crippen LogP contribution in [0.4, 0.5) is 5.69 Å². The van der Waals surface area contributed by atoms with Crippen molar-refractivity contribution in [2.45, 2.75) is 12.8 Å². The van der Waals surface area contributed by atoms with Crippen LogP contribution in [0.15, 0.2) is 41.3 Å². The first kappa shape index (κ1) is 20.2. The van der Waals surface area contributed by atoms with Crippen molar-refractivity contribution in [3.05, 3.63) is 56.3 Å². The van der Waals surface area contributed by atoms with Gasteiger partial charge >= 0.3 is 5.97 Å². The van der Waals surface area contributed by atoms with E-state index >= 15 is 0 Å². The highest BCUT2D eigenvalue weighted by Gasteiger charge is 2.31. The van der Waals surface area contributed by atoms with Gasteiger partial charge < -0.3 is 5.11 Å². The third kappa shape index (κ3) is 4.64. The SMILES string of the molecule is O=C(O)CCCN1C(=O)C(=Cc2ccc(-c3cccc([N+](=O)[O-])c3)s2)SC1=S. The molecule has 0 atom stereocenters. The summed E-state index contributed by atoms with van der Waals surface area (Å²) < 4.78 is 0.414. The molecular weight excluding hydrogens is 420 g/mol. The van der Waals surface area contributed by atoms with Gasteiger partial charge in [0.05, 0.1) is 9.83 Å². The summed E-state index contributed by atoms with van der Waals surface area (Å²) in [5.41, 5.74) is 0.759. The van der Waals surface area contributed by atoms with Crippen LogP contribution in [0.25, 0.3) is 16.5 Å². The molecule has 1 fully saturated rings. The molecule has 1 aliphatic heterocycles. The number of hydrogen-bond donors (Lipinski definition) is 1. The number of nitro benzene ring substituents is 1. The molecule has 1 saturated heterocycles. The van der Waals surface area contributed by atoms with Crippen molar-refractivity contribution in [3.8, 4) is 10.4 Å². The van der Waals surface area contributed by atoms with Crippen molar-refractivity contribution >= 4 is 63.3 Å². The standard InChI is InChI=1S/C18H14N2O5S3/c21-16(22)5-2-8-19-17(23)15(28-18(19)26)10-13-6-7-14(27-13)11-3-1-4-12(9-11)20(24)25/h1,3-4,6-7,9-10H,2,5,8H2,(H,21,22). The number of carbonyl (C=O) groups excluding carboxylic acids is 1. The second-order valence-corrected chi connectivity index (χ2v) is 8.63. The van der Waals surface area contributed by atoms with E-state index in [0.717, 1.165) is 15.3 Å². The molecule has 0 bridgehead atoms. The number of carboxylic acid groups (broad SMARTS) is 1. The number of nitrogens with zero attached hydrogens (tertiary/aromatic N) is 2. The molecule has 0 spiro atoms. The molecule has 7 nitrogen and oxygen atoms in total. The Hall–Kier alpha value is -2.56.